The summed E-state index contributed by atoms with van der Waals surface area (Å²) in [5.41, 5.74) is -1.68. The third-order valence-corrected chi connectivity index (χ3v) is 4.00. The Labute approximate surface area is 136 Å². The van der Waals surface area contributed by atoms with Crippen LogP contribution in [0.3, 0.4) is 0 Å². The van der Waals surface area contributed by atoms with Gasteiger partial charge in [-0.05, 0) is 25.3 Å². The summed E-state index contributed by atoms with van der Waals surface area (Å²) in [7, 11) is 0. The minimum atomic E-state index is -4.72. The van der Waals surface area contributed by atoms with Gasteiger partial charge in [-0.1, -0.05) is 30.3 Å². The van der Waals surface area contributed by atoms with Crippen molar-refractivity contribution < 1.29 is 17.9 Å². The summed E-state index contributed by atoms with van der Waals surface area (Å²) in [4.78, 5) is 12.2. The standard InChI is InChI=1S/C17H17F3N2O2/c18-17(19,20)14-10-15(12-6-2-1-3-7-12)21-22(16(14)23)11-13-8-4-5-9-24-13/h1-3,6-7,10,13H,4-5,8-9,11H2. The van der Waals surface area contributed by atoms with Crippen molar-refractivity contribution in [3.05, 3.63) is 52.3 Å². The van der Waals surface area contributed by atoms with Crippen molar-refractivity contribution in [3.63, 3.8) is 0 Å². The van der Waals surface area contributed by atoms with E-state index >= 15 is 0 Å². The highest BCUT2D eigenvalue weighted by Gasteiger charge is 2.36. The maximum atomic E-state index is 13.2. The Morgan fingerprint density at radius 3 is 2.58 bits per heavy atom. The van der Waals surface area contributed by atoms with Crippen LogP contribution in [0.5, 0.6) is 0 Å². The highest BCUT2D eigenvalue weighted by molar-refractivity contribution is 5.59. The molecule has 1 fully saturated rings. The van der Waals surface area contributed by atoms with Crippen molar-refractivity contribution in [2.45, 2.75) is 38.1 Å². The molecule has 1 unspecified atom stereocenters. The number of aromatic nitrogens is 2. The Morgan fingerprint density at radius 1 is 1.21 bits per heavy atom. The molecule has 1 aromatic carbocycles. The van der Waals surface area contributed by atoms with Crippen LogP contribution in [-0.2, 0) is 17.5 Å². The van der Waals surface area contributed by atoms with Gasteiger partial charge in [0.2, 0.25) is 0 Å². The average Bonchev–Trinajstić information content (AvgIpc) is 2.57. The largest absolute Gasteiger partial charge is 0.421 e. The van der Waals surface area contributed by atoms with E-state index in [1.54, 1.807) is 30.3 Å². The second-order valence-corrected chi connectivity index (χ2v) is 5.78. The van der Waals surface area contributed by atoms with Gasteiger partial charge in [0, 0.05) is 12.2 Å². The molecule has 1 aromatic heterocycles. The summed E-state index contributed by atoms with van der Waals surface area (Å²) in [5, 5.41) is 4.13. The van der Waals surface area contributed by atoms with Gasteiger partial charge in [-0.15, -0.1) is 0 Å². The Bertz CT molecular complexity index is 751. The van der Waals surface area contributed by atoms with Gasteiger partial charge in [0.25, 0.3) is 5.56 Å². The van der Waals surface area contributed by atoms with E-state index in [1.165, 1.54) is 0 Å². The molecule has 3 rings (SSSR count). The number of hydrogen-bond acceptors (Lipinski definition) is 3. The number of rotatable bonds is 3. The third kappa shape index (κ3) is 3.67. The molecule has 0 saturated carbocycles. The third-order valence-electron chi connectivity index (χ3n) is 4.00. The summed E-state index contributed by atoms with van der Waals surface area (Å²) in [5.74, 6) is 0. The van der Waals surface area contributed by atoms with E-state index < -0.39 is 17.3 Å². The van der Waals surface area contributed by atoms with Crippen LogP contribution in [0, 0.1) is 0 Å². The van der Waals surface area contributed by atoms with Crippen LogP contribution in [0.25, 0.3) is 11.3 Å². The maximum Gasteiger partial charge on any atom is 0.421 e. The van der Waals surface area contributed by atoms with E-state index in [1.807, 2.05) is 0 Å². The van der Waals surface area contributed by atoms with Gasteiger partial charge in [-0.2, -0.15) is 18.3 Å². The molecule has 1 aliphatic rings. The first-order valence-corrected chi connectivity index (χ1v) is 7.81. The Hall–Kier alpha value is -2.15. The van der Waals surface area contributed by atoms with Crippen molar-refractivity contribution in [1.82, 2.24) is 9.78 Å². The Balaban J connectivity index is 2.04. The van der Waals surface area contributed by atoms with Gasteiger partial charge in [0.1, 0.15) is 5.56 Å². The minimum Gasteiger partial charge on any atom is -0.376 e. The SMILES string of the molecule is O=c1c(C(F)(F)F)cc(-c2ccccc2)nn1CC1CCCCO1. The van der Waals surface area contributed by atoms with E-state index in [4.69, 9.17) is 4.74 Å². The van der Waals surface area contributed by atoms with Gasteiger partial charge in [-0.3, -0.25) is 4.79 Å². The van der Waals surface area contributed by atoms with E-state index in [0.29, 0.717) is 18.6 Å². The van der Waals surface area contributed by atoms with Crippen LogP contribution in [0.15, 0.2) is 41.2 Å². The summed E-state index contributed by atoms with van der Waals surface area (Å²) in [6.45, 7) is 0.590. The average molecular weight is 338 g/mol. The molecule has 4 nitrogen and oxygen atoms in total. The zero-order valence-corrected chi connectivity index (χ0v) is 12.9. The van der Waals surface area contributed by atoms with Crippen molar-refractivity contribution in [2.75, 3.05) is 6.61 Å². The Morgan fingerprint density at radius 2 is 1.96 bits per heavy atom. The summed E-state index contributed by atoms with van der Waals surface area (Å²) in [6, 6.07) is 9.33. The zero-order valence-electron chi connectivity index (χ0n) is 12.9. The second-order valence-electron chi connectivity index (χ2n) is 5.78. The molecule has 0 N–H and O–H groups in total. The fraction of sp³-hybridized carbons (Fsp3) is 0.412. The highest BCUT2D eigenvalue weighted by atomic mass is 19.4. The van der Waals surface area contributed by atoms with Crippen LogP contribution in [0.4, 0.5) is 13.2 Å². The van der Waals surface area contributed by atoms with Gasteiger partial charge < -0.3 is 4.74 Å². The van der Waals surface area contributed by atoms with E-state index in [2.05, 4.69) is 5.10 Å². The molecule has 0 aliphatic carbocycles. The number of nitrogens with zero attached hydrogens (tertiary/aromatic N) is 2. The van der Waals surface area contributed by atoms with Crippen LogP contribution in [-0.4, -0.2) is 22.5 Å². The van der Waals surface area contributed by atoms with Crippen molar-refractivity contribution in [2.24, 2.45) is 0 Å². The molecular weight excluding hydrogens is 321 g/mol. The molecule has 1 saturated heterocycles. The normalized spacial score (nSPS) is 18.5. The Kier molecular flexibility index (Phi) is 4.71. The fourth-order valence-electron chi connectivity index (χ4n) is 2.76. The van der Waals surface area contributed by atoms with Crippen molar-refractivity contribution in [1.29, 1.82) is 0 Å². The van der Waals surface area contributed by atoms with E-state index in [9.17, 15) is 18.0 Å². The number of alkyl halides is 3. The molecule has 2 heterocycles. The lowest BCUT2D eigenvalue weighted by molar-refractivity contribution is -0.139. The van der Waals surface area contributed by atoms with Crippen LogP contribution < -0.4 is 5.56 Å². The summed E-state index contributed by atoms with van der Waals surface area (Å²) >= 11 is 0. The molecular formula is C17H17F3N2O2. The van der Waals surface area contributed by atoms with Gasteiger partial charge in [-0.25, -0.2) is 4.68 Å². The molecule has 0 radical (unpaired) electrons. The molecule has 0 spiro atoms. The summed E-state index contributed by atoms with van der Waals surface area (Å²) in [6.07, 6.45) is -2.43. The molecule has 1 aliphatic heterocycles. The first kappa shape index (κ1) is 16.7. The van der Waals surface area contributed by atoms with Gasteiger partial charge in [0.05, 0.1) is 18.3 Å². The molecule has 128 valence electrons. The van der Waals surface area contributed by atoms with Gasteiger partial charge >= 0.3 is 6.18 Å². The molecule has 1 atom stereocenters. The van der Waals surface area contributed by atoms with Gasteiger partial charge in [0.15, 0.2) is 0 Å². The van der Waals surface area contributed by atoms with E-state index in [-0.39, 0.29) is 18.3 Å². The number of halogens is 3. The number of benzene rings is 1. The molecule has 24 heavy (non-hydrogen) atoms. The first-order valence-electron chi connectivity index (χ1n) is 7.81. The van der Waals surface area contributed by atoms with Crippen molar-refractivity contribution >= 4 is 0 Å². The summed E-state index contributed by atoms with van der Waals surface area (Å²) < 4.78 is 46.1. The molecule has 0 amide bonds. The molecule has 2 aromatic rings. The highest BCUT2D eigenvalue weighted by Crippen LogP contribution is 2.29. The first-order chi connectivity index (χ1) is 11.4. The maximum absolute atomic E-state index is 13.2. The molecule has 7 heteroatoms. The lowest BCUT2D eigenvalue weighted by Crippen LogP contribution is -2.36. The monoisotopic (exact) mass is 338 g/mol. The number of ether oxygens (including phenoxy) is 1. The zero-order chi connectivity index (χ0) is 17.2. The quantitative estimate of drug-likeness (QED) is 0.860. The number of hydrogen-bond donors (Lipinski definition) is 0. The fourth-order valence-corrected chi connectivity index (χ4v) is 2.76. The van der Waals surface area contributed by atoms with E-state index in [0.717, 1.165) is 23.6 Å². The second kappa shape index (κ2) is 6.76. The lowest BCUT2D eigenvalue weighted by Gasteiger charge is -2.23. The van der Waals surface area contributed by atoms with Crippen LogP contribution in [0.2, 0.25) is 0 Å². The molecule has 0 bridgehead atoms. The van der Waals surface area contributed by atoms with Crippen molar-refractivity contribution in [3.8, 4) is 11.3 Å². The smallest absolute Gasteiger partial charge is 0.376 e. The van der Waals surface area contributed by atoms with Crippen LogP contribution in [0.1, 0.15) is 24.8 Å². The van der Waals surface area contributed by atoms with Crippen LogP contribution >= 0.6 is 0 Å². The minimum absolute atomic E-state index is 0.0303. The lowest BCUT2D eigenvalue weighted by atomic mass is 10.1. The predicted molar refractivity (Wildman–Crippen MR) is 82.5 cm³/mol. The topological polar surface area (TPSA) is 44.1 Å². The predicted octanol–water partition coefficient (Wildman–Crippen LogP) is 3.50.